The van der Waals surface area contributed by atoms with Crippen LogP contribution < -0.4 is 4.90 Å². The number of anilines is 1. The molecule has 2 heterocycles. The van der Waals surface area contributed by atoms with Gasteiger partial charge in [-0.25, -0.2) is 0 Å². The second kappa shape index (κ2) is 5.79. The largest absolute Gasteiger partial charge is 0.312 e. The first-order valence-electron chi connectivity index (χ1n) is 6.46. The maximum Gasteiger partial charge on any atom is 0.227 e. The van der Waals surface area contributed by atoms with Gasteiger partial charge in [-0.05, 0) is 36.8 Å². The molecule has 1 fully saturated rings. The lowest BCUT2D eigenvalue weighted by atomic mass is 10.1. The summed E-state index contributed by atoms with van der Waals surface area (Å²) >= 11 is 13.0. The molecule has 3 nitrogen and oxygen atoms in total. The van der Waals surface area contributed by atoms with Crippen molar-refractivity contribution in [2.75, 3.05) is 11.4 Å². The summed E-state index contributed by atoms with van der Waals surface area (Å²) in [5, 5.41) is 0. The number of hydrogen-bond donors (Lipinski definition) is 0. The molecule has 0 bridgehead atoms. The first-order valence-corrected chi connectivity index (χ1v) is 8.03. The SMILES string of the molecule is O=C(c1ccc(N2CCCC2=O)cc1)c1cc(Cl)sc1Cl. The highest BCUT2D eigenvalue weighted by atomic mass is 35.5. The van der Waals surface area contributed by atoms with Crippen LogP contribution in [0.4, 0.5) is 5.69 Å². The summed E-state index contributed by atoms with van der Waals surface area (Å²) in [5.74, 6) is -0.0378. The molecule has 0 spiro atoms. The van der Waals surface area contributed by atoms with Crippen LogP contribution in [0.1, 0.15) is 28.8 Å². The van der Waals surface area contributed by atoms with E-state index < -0.39 is 0 Å². The van der Waals surface area contributed by atoms with Gasteiger partial charge in [-0.15, -0.1) is 11.3 Å². The van der Waals surface area contributed by atoms with Crippen molar-refractivity contribution in [3.8, 4) is 0 Å². The van der Waals surface area contributed by atoms with Gasteiger partial charge in [-0.3, -0.25) is 9.59 Å². The van der Waals surface area contributed by atoms with Gasteiger partial charge in [0.25, 0.3) is 0 Å². The van der Waals surface area contributed by atoms with E-state index in [-0.39, 0.29) is 11.7 Å². The number of carbonyl (C=O) groups excluding carboxylic acids is 2. The van der Waals surface area contributed by atoms with Crippen molar-refractivity contribution in [3.63, 3.8) is 0 Å². The van der Waals surface area contributed by atoms with Gasteiger partial charge in [0.2, 0.25) is 5.91 Å². The van der Waals surface area contributed by atoms with Crippen molar-refractivity contribution in [2.45, 2.75) is 12.8 Å². The molecule has 0 unspecified atom stereocenters. The third-order valence-corrected chi connectivity index (χ3v) is 4.90. The van der Waals surface area contributed by atoms with Gasteiger partial charge in [0.15, 0.2) is 5.78 Å². The summed E-state index contributed by atoms with van der Waals surface area (Å²) < 4.78 is 0.881. The Morgan fingerprint density at radius 1 is 1.19 bits per heavy atom. The molecule has 1 amide bonds. The molecule has 1 aromatic heterocycles. The Labute approximate surface area is 136 Å². The molecule has 0 radical (unpaired) electrons. The van der Waals surface area contributed by atoms with Crippen LogP contribution >= 0.6 is 34.5 Å². The molecule has 6 heteroatoms. The van der Waals surface area contributed by atoms with Crippen LogP contribution in [0.5, 0.6) is 0 Å². The molecule has 3 rings (SSSR count). The fourth-order valence-corrected chi connectivity index (χ4v) is 3.82. The second-order valence-electron chi connectivity index (χ2n) is 4.76. The first kappa shape index (κ1) is 14.6. The van der Waals surface area contributed by atoms with E-state index in [1.54, 1.807) is 35.2 Å². The normalized spacial score (nSPS) is 14.8. The quantitative estimate of drug-likeness (QED) is 0.776. The molecule has 21 heavy (non-hydrogen) atoms. The van der Waals surface area contributed by atoms with Crippen molar-refractivity contribution in [2.24, 2.45) is 0 Å². The topological polar surface area (TPSA) is 37.4 Å². The molecule has 1 aliphatic rings. The molecule has 1 aliphatic heterocycles. The molecule has 1 saturated heterocycles. The van der Waals surface area contributed by atoms with E-state index in [2.05, 4.69) is 0 Å². The number of nitrogens with zero attached hydrogens (tertiary/aromatic N) is 1. The number of hydrogen-bond acceptors (Lipinski definition) is 3. The van der Waals surface area contributed by atoms with Crippen molar-refractivity contribution in [1.82, 2.24) is 0 Å². The van der Waals surface area contributed by atoms with Crippen LogP contribution in [0.3, 0.4) is 0 Å². The standard InChI is InChI=1S/C15H11Cl2NO2S/c16-12-8-11(15(17)21-12)14(20)9-3-5-10(6-4-9)18-7-1-2-13(18)19/h3-6,8H,1-2,7H2. The summed E-state index contributed by atoms with van der Waals surface area (Å²) in [5.41, 5.74) is 1.77. The monoisotopic (exact) mass is 339 g/mol. The number of amides is 1. The zero-order valence-corrected chi connectivity index (χ0v) is 13.3. The van der Waals surface area contributed by atoms with E-state index in [0.717, 1.165) is 18.7 Å². The Kier molecular flexibility index (Phi) is 4.02. The van der Waals surface area contributed by atoms with Crippen molar-refractivity contribution in [3.05, 3.63) is 50.1 Å². The van der Waals surface area contributed by atoms with Gasteiger partial charge in [0.05, 0.1) is 9.90 Å². The van der Waals surface area contributed by atoms with Gasteiger partial charge < -0.3 is 4.90 Å². The van der Waals surface area contributed by atoms with Crippen molar-refractivity contribution < 1.29 is 9.59 Å². The van der Waals surface area contributed by atoms with Gasteiger partial charge in [-0.2, -0.15) is 0 Å². The lowest BCUT2D eigenvalue weighted by Gasteiger charge is -2.15. The fourth-order valence-electron chi connectivity index (χ4n) is 2.36. The van der Waals surface area contributed by atoms with E-state index in [4.69, 9.17) is 23.2 Å². The molecular weight excluding hydrogens is 329 g/mol. The average molecular weight is 340 g/mol. The fraction of sp³-hybridized carbons (Fsp3) is 0.200. The third-order valence-electron chi connectivity index (χ3n) is 3.42. The second-order valence-corrected chi connectivity index (χ2v) is 7.05. The number of halogens is 2. The van der Waals surface area contributed by atoms with Crippen LogP contribution in [0.15, 0.2) is 30.3 Å². The summed E-state index contributed by atoms with van der Waals surface area (Å²) in [6.45, 7) is 0.734. The molecule has 0 aliphatic carbocycles. The Hall–Kier alpha value is -1.36. The molecule has 0 N–H and O–H groups in total. The van der Waals surface area contributed by atoms with Gasteiger partial charge in [0, 0.05) is 24.2 Å². The van der Waals surface area contributed by atoms with Gasteiger partial charge in [0.1, 0.15) is 4.34 Å². The first-order chi connectivity index (χ1) is 10.1. The van der Waals surface area contributed by atoms with E-state index in [1.165, 1.54) is 11.3 Å². The van der Waals surface area contributed by atoms with Crippen LogP contribution in [0, 0.1) is 0 Å². The van der Waals surface area contributed by atoms with Gasteiger partial charge >= 0.3 is 0 Å². The minimum atomic E-state index is -0.164. The summed E-state index contributed by atoms with van der Waals surface area (Å²) in [4.78, 5) is 25.8. The molecule has 108 valence electrons. The zero-order valence-electron chi connectivity index (χ0n) is 10.9. The minimum Gasteiger partial charge on any atom is -0.312 e. The van der Waals surface area contributed by atoms with Crippen LogP contribution in [-0.4, -0.2) is 18.2 Å². The highest BCUT2D eigenvalue weighted by molar-refractivity contribution is 7.20. The lowest BCUT2D eigenvalue weighted by molar-refractivity contribution is -0.117. The third kappa shape index (κ3) is 2.84. The van der Waals surface area contributed by atoms with E-state index in [1.807, 2.05) is 0 Å². The highest BCUT2D eigenvalue weighted by Crippen LogP contribution is 2.33. The molecule has 1 aromatic carbocycles. The van der Waals surface area contributed by atoms with Crippen molar-refractivity contribution >= 4 is 51.9 Å². The summed E-state index contributed by atoms with van der Waals surface area (Å²) in [6.07, 6.45) is 1.46. The zero-order chi connectivity index (χ0) is 15.0. The number of rotatable bonds is 3. The number of thiophene rings is 1. The van der Waals surface area contributed by atoms with E-state index >= 15 is 0 Å². The maximum absolute atomic E-state index is 12.4. The van der Waals surface area contributed by atoms with Gasteiger partial charge in [-0.1, -0.05) is 23.2 Å². The van der Waals surface area contributed by atoms with Crippen LogP contribution in [-0.2, 0) is 4.79 Å². The smallest absolute Gasteiger partial charge is 0.227 e. The van der Waals surface area contributed by atoms with E-state index in [9.17, 15) is 9.59 Å². The number of carbonyl (C=O) groups is 2. The Morgan fingerprint density at radius 3 is 2.43 bits per heavy atom. The van der Waals surface area contributed by atoms with Crippen molar-refractivity contribution in [1.29, 1.82) is 0 Å². The molecule has 0 saturated carbocycles. The number of benzene rings is 1. The highest BCUT2D eigenvalue weighted by Gasteiger charge is 2.22. The predicted octanol–water partition coefficient (Wildman–Crippen LogP) is 4.41. The Bertz CT molecular complexity index is 709. The Balaban J connectivity index is 1.85. The summed E-state index contributed by atoms with van der Waals surface area (Å²) in [7, 11) is 0. The predicted molar refractivity (Wildman–Crippen MR) is 85.8 cm³/mol. The average Bonchev–Trinajstić information content (AvgIpc) is 3.04. The lowest BCUT2D eigenvalue weighted by Crippen LogP contribution is -2.23. The molecule has 2 aromatic rings. The Morgan fingerprint density at radius 2 is 1.90 bits per heavy atom. The van der Waals surface area contributed by atoms with Crippen LogP contribution in [0.25, 0.3) is 0 Å². The van der Waals surface area contributed by atoms with E-state index in [0.29, 0.717) is 26.2 Å². The summed E-state index contributed by atoms with van der Waals surface area (Å²) in [6, 6.07) is 8.59. The van der Waals surface area contributed by atoms with Crippen LogP contribution in [0.2, 0.25) is 8.67 Å². The minimum absolute atomic E-state index is 0.127. The maximum atomic E-state index is 12.4. The molecular formula is C15H11Cl2NO2S. The molecule has 0 atom stereocenters. The number of ketones is 1.